The predicted molar refractivity (Wildman–Crippen MR) is 82.7 cm³/mol. The van der Waals surface area contributed by atoms with Gasteiger partial charge in [0.25, 0.3) is 5.91 Å². The van der Waals surface area contributed by atoms with E-state index in [9.17, 15) is 9.18 Å². The molecular formula is C15H23FN4O. The van der Waals surface area contributed by atoms with E-state index in [4.69, 9.17) is 11.5 Å². The normalized spacial score (nSPS) is 17.4. The Morgan fingerprint density at radius 3 is 2.67 bits per heavy atom. The fraction of sp³-hybridized carbons (Fsp3) is 0.533. The minimum absolute atomic E-state index is 0.0641. The van der Waals surface area contributed by atoms with Crippen molar-refractivity contribution in [3.63, 3.8) is 0 Å². The first kappa shape index (κ1) is 15.6. The van der Waals surface area contributed by atoms with Crippen LogP contribution in [-0.2, 0) is 0 Å². The second-order valence-corrected chi connectivity index (χ2v) is 5.69. The van der Waals surface area contributed by atoms with Gasteiger partial charge in [-0.15, -0.1) is 0 Å². The highest BCUT2D eigenvalue weighted by molar-refractivity contribution is 5.99. The maximum Gasteiger partial charge on any atom is 0.250 e. The van der Waals surface area contributed by atoms with Gasteiger partial charge in [0.2, 0.25) is 0 Å². The lowest BCUT2D eigenvalue weighted by Gasteiger charge is -2.29. The van der Waals surface area contributed by atoms with Gasteiger partial charge >= 0.3 is 0 Å². The van der Waals surface area contributed by atoms with Gasteiger partial charge in [-0.3, -0.25) is 4.79 Å². The number of nitrogen functional groups attached to an aromatic ring is 1. The van der Waals surface area contributed by atoms with E-state index in [-0.39, 0.29) is 23.0 Å². The van der Waals surface area contributed by atoms with Crippen LogP contribution >= 0.6 is 0 Å². The Bertz CT molecular complexity index is 515. The fourth-order valence-corrected chi connectivity index (χ4v) is 2.75. The number of nitrogens with one attached hydrogen (secondary N) is 1. The number of amides is 1. The van der Waals surface area contributed by atoms with Crippen LogP contribution in [0.5, 0.6) is 0 Å². The molecule has 1 aliphatic heterocycles. The van der Waals surface area contributed by atoms with E-state index in [0.717, 1.165) is 25.7 Å². The van der Waals surface area contributed by atoms with Crippen molar-refractivity contribution in [3.8, 4) is 0 Å². The monoisotopic (exact) mass is 294 g/mol. The predicted octanol–water partition coefficient (Wildman–Crippen LogP) is 1.79. The number of benzene rings is 1. The molecule has 0 spiro atoms. The van der Waals surface area contributed by atoms with Gasteiger partial charge in [0, 0.05) is 18.3 Å². The molecule has 1 aromatic rings. The van der Waals surface area contributed by atoms with Crippen molar-refractivity contribution in [1.29, 1.82) is 0 Å². The van der Waals surface area contributed by atoms with E-state index < -0.39 is 11.7 Å². The number of halogens is 1. The molecular weight excluding hydrogens is 271 g/mol. The van der Waals surface area contributed by atoms with Gasteiger partial charge in [0.05, 0.1) is 11.3 Å². The standard InChI is InChI=1S/C15H23FN4O/c1-10(9-20-5-3-2-4-6-20)19-14-7-11(15(18)21)13(17)8-12(14)16/h7-8,10,19H,2-6,9,17H2,1H3,(H2,18,21). The maximum atomic E-state index is 13.9. The molecule has 0 bridgehead atoms. The summed E-state index contributed by atoms with van der Waals surface area (Å²) >= 11 is 0. The number of carbonyl (C=O) groups excluding carboxylic acids is 1. The number of nitrogens with two attached hydrogens (primary N) is 2. The second-order valence-electron chi connectivity index (χ2n) is 5.69. The highest BCUT2D eigenvalue weighted by Crippen LogP contribution is 2.23. The van der Waals surface area contributed by atoms with Crippen molar-refractivity contribution in [2.45, 2.75) is 32.2 Å². The van der Waals surface area contributed by atoms with Gasteiger partial charge in [-0.25, -0.2) is 4.39 Å². The van der Waals surface area contributed by atoms with Crippen LogP contribution in [-0.4, -0.2) is 36.5 Å². The topological polar surface area (TPSA) is 84.4 Å². The van der Waals surface area contributed by atoms with Crippen LogP contribution in [0.15, 0.2) is 12.1 Å². The number of nitrogens with zero attached hydrogens (tertiary/aromatic N) is 1. The van der Waals surface area contributed by atoms with Crippen molar-refractivity contribution in [3.05, 3.63) is 23.5 Å². The molecule has 1 fully saturated rings. The molecule has 2 rings (SSSR count). The SMILES string of the molecule is CC(CN1CCCCC1)Nc1cc(C(N)=O)c(N)cc1F. The van der Waals surface area contributed by atoms with Gasteiger partial charge in [0.15, 0.2) is 0 Å². The Kier molecular flexibility index (Phi) is 5.01. The summed E-state index contributed by atoms with van der Waals surface area (Å²) < 4.78 is 13.9. The molecule has 6 heteroatoms. The summed E-state index contributed by atoms with van der Waals surface area (Å²) in [5.74, 6) is -1.12. The minimum Gasteiger partial charge on any atom is -0.398 e. The maximum absolute atomic E-state index is 13.9. The second kappa shape index (κ2) is 6.76. The molecule has 0 saturated carbocycles. The summed E-state index contributed by atoms with van der Waals surface area (Å²) in [5, 5.41) is 3.10. The number of anilines is 2. The molecule has 1 aliphatic rings. The van der Waals surface area contributed by atoms with Crippen LogP contribution in [0.4, 0.5) is 15.8 Å². The minimum atomic E-state index is -0.653. The zero-order valence-electron chi connectivity index (χ0n) is 12.4. The molecule has 1 heterocycles. The molecule has 116 valence electrons. The van der Waals surface area contributed by atoms with Gasteiger partial charge in [-0.2, -0.15) is 0 Å². The Hall–Kier alpha value is -1.82. The van der Waals surface area contributed by atoms with Crippen molar-refractivity contribution < 1.29 is 9.18 Å². The highest BCUT2D eigenvalue weighted by atomic mass is 19.1. The number of hydrogen-bond donors (Lipinski definition) is 3. The van der Waals surface area contributed by atoms with E-state index in [1.54, 1.807) is 0 Å². The zero-order chi connectivity index (χ0) is 15.4. The van der Waals surface area contributed by atoms with E-state index in [0.29, 0.717) is 0 Å². The number of carbonyl (C=O) groups is 1. The van der Waals surface area contributed by atoms with Crippen LogP contribution in [0, 0.1) is 5.82 Å². The van der Waals surface area contributed by atoms with Crippen molar-refractivity contribution >= 4 is 17.3 Å². The van der Waals surface area contributed by atoms with E-state index >= 15 is 0 Å². The third-order valence-corrected chi connectivity index (χ3v) is 3.79. The third kappa shape index (κ3) is 4.07. The number of piperidine rings is 1. The summed E-state index contributed by atoms with van der Waals surface area (Å²) in [6, 6.07) is 2.59. The number of primary amides is 1. The molecule has 0 aromatic heterocycles. The van der Waals surface area contributed by atoms with Gasteiger partial charge < -0.3 is 21.7 Å². The van der Waals surface area contributed by atoms with Crippen LogP contribution in [0.25, 0.3) is 0 Å². The van der Waals surface area contributed by atoms with Crippen molar-refractivity contribution in [1.82, 2.24) is 4.90 Å². The lowest BCUT2D eigenvalue weighted by Crippen LogP contribution is -2.38. The zero-order valence-corrected chi connectivity index (χ0v) is 12.4. The van der Waals surface area contributed by atoms with Crippen LogP contribution < -0.4 is 16.8 Å². The molecule has 1 saturated heterocycles. The summed E-state index contributed by atoms with van der Waals surface area (Å²) in [4.78, 5) is 13.6. The van der Waals surface area contributed by atoms with Crippen molar-refractivity contribution in [2.24, 2.45) is 5.73 Å². The number of hydrogen-bond acceptors (Lipinski definition) is 4. The quantitative estimate of drug-likeness (QED) is 0.723. The van der Waals surface area contributed by atoms with Gasteiger partial charge in [-0.1, -0.05) is 6.42 Å². The Morgan fingerprint density at radius 1 is 1.38 bits per heavy atom. The van der Waals surface area contributed by atoms with Crippen LogP contribution in [0.1, 0.15) is 36.5 Å². The van der Waals surface area contributed by atoms with E-state index in [1.807, 2.05) is 6.92 Å². The number of likely N-dealkylation sites (tertiary alicyclic amines) is 1. The van der Waals surface area contributed by atoms with Crippen molar-refractivity contribution in [2.75, 3.05) is 30.7 Å². The first-order chi connectivity index (χ1) is 9.97. The van der Waals surface area contributed by atoms with E-state index in [1.165, 1.54) is 25.3 Å². The van der Waals surface area contributed by atoms with Crippen LogP contribution in [0.2, 0.25) is 0 Å². The Balaban J connectivity index is 2.04. The average Bonchev–Trinajstić information content (AvgIpc) is 2.42. The summed E-state index contributed by atoms with van der Waals surface area (Å²) in [7, 11) is 0. The first-order valence-corrected chi connectivity index (χ1v) is 7.35. The molecule has 0 radical (unpaired) electrons. The largest absolute Gasteiger partial charge is 0.398 e. The smallest absolute Gasteiger partial charge is 0.250 e. The molecule has 1 unspecified atom stereocenters. The molecule has 5 N–H and O–H groups in total. The first-order valence-electron chi connectivity index (χ1n) is 7.35. The molecule has 1 aromatic carbocycles. The molecule has 21 heavy (non-hydrogen) atoms. The molecule has 1 atom stereocenters. The van der Waals surface area contributed by atoms with E-state index in [2.05, 4.69) is 10.2 Å². The molecule has 0 aliphatic carbocycles. The fourth-order valence-electron chi connectivity index (χ4n) is 2.75. The number of rotatable bonds is 5. The summed E-state index contributed by atoms with van der Waals surface area (Å²) in [5.41, 5.74) is 11.3. The van der Waals surface area contributed by atoms with Crippen LogP contribution in [0.3, 0.4) is 0 Å². The van der Waals surface area contributed by atoms with Gasteiger partial charge in [-0.05, 0) is 45.0 Å². The molecule has 1 amide bonds. The Morgan fingerprint density at radius 2 is 2.05 bits per heavy atom. The summed E-state index contributed by atoms with van der Waals surface area (Å²) in [6.07, 6.45) is 3.72. The Labute approximate surface area is 124 Å². The van der Waals surface area contributed by atoms with Gasteiger partial charge in [0.1, 0.15) is 5.82 Å². The lowest BCUT2D eigenvalue weighted by atomic mass is 10.1. The highest BCUT2D eigenvalue weighted by Gasteiger charge is 2.16. The average molecular weight is 294 g/mol. The lowest BCUT2D eigenvalue weighted by molar-refractivity contribution is 0.100. The summed E-state index contributed by atoms with van der Waals surface area (Å²) in [6.45, 7) is 5.01. The third-order valence-electron chi connectivity index (χ3n) is 3.79. The molecule has 5 nitrogen and oxygen atoms in total.